The molecule has 16 heavy (non-hydrogen) atoms. The first-order valence-electron chi connectivity index (χ1n) is 6.76. The molecule has 1 nitrogen and oxygen atoms in total. The molecule has 2 bridgehead atoms. The maximum Gasteiger partial charge on any atom is 0.0755 e. The summed E-state index contributed by atoms with van der Waals surface area (Å²) in [6, 6.07) is 0. The van der Waals surface area contributed by atoms with Crippen LogP contribution in [0.15, 0.2) is 12.2 Å². The van der Waals surface area contributed by atoms with Crippen molar-refractivity contribution in [1.82, 2.24) is 0 Å². The zero-order valence-corrected chi connectivity index (χ0v) is 10.8. The van der Waals surface area contributed by atoms with Gasteiger partial charge in [0.25, 0.3) is 0 Å². The summed E-state index contributed by atoms with van der Waals surface area (Å²) < 4.78 is 0. The fourth-order valence-corrected chi connectivity index (χ4v) is 5.44. The third-order valence-electron chi connectivity index (χ3n) is 6.39. The van der Waals surface area contributed by atoms with Crippen molar-refractivity contribution in [3.8, 4) is 0 Å². The summed E-state index contributed by atoms with van der Waals surface area (Å²) >= 11 is 0. The first-order valence-corrected chi connectivity index (χ1v) is 6.76. The van der Waals surface area contributed by atoms with E-state index in [4.69, 9.17) is 0 Å². The lowest BCUT2D eigenvalue weighted by Crippen LogP contribution is -2.36. The molecule has 0 aliphatic heterocycles. The van der Waals surface area contributed by atoms with E-state index in [1.807, 2.05) is 0 Å². The van der Waals surface area contributed by atoms with Gasteiger partial charge in [0.2, 0.25) is 0 Å². The third kappa shape index (κ3) is 1.01. The van der Waals surface area contributed by atoms with Crippen molar-refractivity contribution in [3.05, 3.63) is 12.2 Å². The van der Waals surface area contributed by atoms with Crippen molar-refractivity contribution in [1.29, 1.82) is 0 Å². The first-order chi connectivity index (χ1) is 7.39. The standard InChI is InChI=1S/C15H24O/c1-9-5-6-13-14(3,4)11-7-15(9,13)8-12(16)10(11)2/h9,11-13,16H,2,5-8H2,1,3-4H3/t9-,11-,12+,13+,15+/m0/s1. The molecule has 0 heterocycles. The minimum Gasteiger partial charge on any atom is -0.389 e. The lowest BCUT2D eigenvalue weighted by atomic mass is 9.66. The van der Waals surface area contributed by atoms with Gasteiger partial charge in [-0.1, -0.05) is 27.4 Å². The quantitative estimate of drug-likeness (QED) is 0.620. The monoisotopic (exact) mass is 220 g/mol. The number of fused-ring (bicyclic) bond motifs is 1. The SMILES string of the molecule is C=C1[C@H](O)C[C@@]23C[C@@H]1C(C)(C)[C@H]2CC[C@@H]3C. The Morgan fingerprint density at radius 2 is 1.94 bits per heavy atom. The van der Waals surface area contributed by atoms with E-state index in [1.165, 1.54) is 19.3 Å². The Bertz CT molecular complexity index is 343. The second kappa shape index (κ2) is 2.93. The highest BCUT2D eigenvalue weighted by Crippen LogP contribution is 2.72. The highest BCUT2D eigenvalue weighted by molar-refractivity contribution is 5.26. The van der Waals surface area contributed by atoms with Crippen LogP contribution >= 0.6 is 0 Å². The third-order valence-corrected chi connectivity index (χ3v) is 6.39. The van der Waals surface area contributed by atoms with Gasteiger partial charge in [0, 0.05) is 0 Å². The van der Waals surface area contributed by atoms with Gasteiger partial charge in [-0.05, 0) is 59.8 Å². The molecule has 0 unspecified atom stereocenters. The van der Waals surface area contributed by atoms with Gasteiger partial charge < -0.3 is 5.11 Å². The highest BCUT2D eigenvalue weighted by atomic mass is 16.3. The summed E-state index contributed by atoms with van der Waals surface area (Å²) in [4.78, 5) is 0. The molecule has 1 heteroatoms. The first kappa shape index (κ1) is 10.8. The molecule has 3 aliphatic rings. The smallest absolute Gasteiger partial charge is 0.0755 e. The summed E-state index contributed by atoms with van der Waals surface area (Å²) in [5.74, 6) is 2.17. The van der Waals surface area contributed by atoms with Crippen LogP contribution in [0.25, 0.3) is 0 Å². The predicted octanol–water partition coefficient (Wildman–Crippen LogP) is 3.39. The van der Waals surface area contributed by atoms with Crippen molar-refractivity contribution in [2.24, 2.45) is 28.6 Å². The molecule has 3 fully saturated rings. The van der Waals surface area contributed by atoms with Crippen molar-refractivity contribution in [2.75, 3.05) is 0 Å². The van der Waals surface area contributed by atoms with Crippen LogP contribution in [0.3, 0.4) is 0 Å². The molecule has 1 spiro atoms. The molecule has 0 radical (unpaired) electrons. The number of hydrogen-bond donors (Lipinski definition) is 1. The molecule has 3 aliphatic carbocycles. The number of aliphatic hydroxyl groups excluding tert-OH is 1. The second-order valence-corrected chi connectivity index (χ2v) is 7.14. The van der Waals surface area contributed by atoms with Gasteiger partial charge in [-0.2, -0.15) is 0 Å². The summed E-state index contributed by atoms with van der Waals surface area (Å²) in [5.41, 5.74) is 1.92. The van der Waals surface area contributed by atoms with E-state index in [0.29, 0.717) is 16.7 Å². The molecule has 0 aromatic heterocycles. The molecule has 0 saturated heterocycles. The fraction of sp³-hybridized carbons (Fsp3) is 0.867. The lowest BCUT2D eigenvalue weighted by molar-refractivity contribution is 0.0530. The zero-order valence-electron chi connectivity index (χ0n) is 10.8. The van der Waals surface area contributed by atoms with Crippen molar-refractivity contribution in [2.45, 2.75) is 52.6 Å². The minimum atomic E-state index is -0.233. The van der Waals surface area contributed by atoms with Crippen molar-refractivity contribution < 1.29 is 5.11 Å². The van der Waals surface area contributed by atoms with Crippen molar-refractivity contribution >= 4 is 0 Å². The van der Waals surface area contributed by atoms with E-state index in [2.05, 4.69) is 27.4 Å². The fourth-order valence-electron chi connectivity index (χ4n) is 5.44. The Morgan fingerprint density at radius 3 is 2.62 bits per heavy atom. The summed E-state index contributed by atoms with van der Waals surface area (Å²) in [7, 11) is 0. The van der Waals surface area contributed by atoms with Crippen LogP contribution in [0.5, 0.6) is 0 Å². The van der Waals surface area contributed by atoms with Gasteiger partial charge in [-0.15, -0.1) is 0 Å². The molecular weight excluding hydrogens is 196 g/mol. The summed E-state index contributed by atoms with van der Waals surface area (Å²) in [5, 5.41) is 10.3. The van der Waals surface area contributed by atoms with Crippen LogP contribution < -0.4 is 0 Å². The average Bonchev–Trinajstić information content (AvgIpc) is 2.59. The molecule has 0 amide bonds. The van der Waals surface area contributed by atoms with Crippen LogP contribution in [0, 0.1) is 28.6 Å². The number of aliphatic hydroxyl groups is 1. The summed E-state index contributed by atoms with van der Waals surface area (Å²) in [6.45, 7) is 11.4. The molecule has 3 rings (SSSR count). The largest absolute Gasteiger partial charge is 0.389 e. The van der Waals surface area contributed by atoms with Crippen LogP contribution in [-0.2, 0) is 0 Å². The zero-order chi connectivity index (χ0) is 11.7. The van der Waals surface area contributed by atoms with Gasteiger partial charge in [0.15, 0.2) is 0 Å². The molecule has 0 aromatic carbocycles. The molecule has 1 N–H and O–H groups in total. The molecular formula is C15H24O. The molecule has 3 saturated carbocycles. The predicted molar refractivity (Wildman–Crippen MR) is 66.0 cm³/mol. The molecule has 5 atom stereocenters. The Morgan fingerprint density at radius 1 is 1.25 bits per heavy atom. The van der Waals surface area contributed by atoms with E-state index in [0.717, 1.165) is 23.8 Å². The van der Waals surface area contributed by atoms with Gasteiger partial charge in [-0.25, -0.2) is 0 Å². The van der Waals surface area contributed by atoms with E-state index in [1.54, 1.807) is 0 Å². The van der Waals surface area contributed by atoms with E-state index in [9.17, 15) is 5.11 Å². The normalized spacial score (nSPS) is 54.1. The molecule has 0 aromatic rings. The Labute approximate surface area is 98.9 Å². The highest BCUT2D eigenvalue weighted by Gasteiger charge is 2.65. The van der Waals surface area contributed by atoms with Crippen LogP contribution in [-0.4, -0.2) is 11.2 Å². The second-order valence-electron chi connectivity index (χ2n) is 7.14. The van der Waals surface area contributed by atoms with E-state index >= 15 is 0 Å². The van der Waals surface area contributed by atoms with E-state index in [-0.39, 0.29) is 6.10 Å². The van der Waals surface area contributed by atoms with Gasteiger partial charge in [0.05, 0.1) is 6.10 Å². The van der Waals surface area contributed by atoms with E-state index < -0.39 is 0 Å². The Hall–Kier alpha value is -0.300. The van der Waals surface area contributed by atoms with Gasteiger partial charge >= 0.3 is 0 Å². The van der Waals surface area contributed by atoms with Crippen molar-refractivity contribution in [3.63, 3.8) is 0 Å². The van der Waals surface area contributed by atoms with Gasteiger partial charge in [0.1, 0.15) is 0 Å². The Balaban J connectivity index is 2.10. The topological polar surface area (TPSA) is 20.2 Å². The maximum atomic E-state index is 10.3. The molecule has 90 valence electrons. The lowest BCUT2D eigenvalue weighted by Gasteiger charge is -2.40. The van der Waals surface area contributed by atoms with Crippen LogP contribution in [0.4, 0.5) is 0 Å². The minimum absolute atomic E-state index is 0.233. The van der Waals surface area contributed by atoms with Crippen LogP contribution in [0.2, 0.25) is 0 Å². The number of hydrogen-bond acceptors (Lipinski definition) is 1. The van der Waals surface area contributed by atoms with Crippen LogP contribution in [0.1, 0.15) is 46.5 Å². The maximum absolute atomic E-state index is 10.3. The average molecular weight is 220 g/mol. The summed E-state index contributed by atoms with van der Waals surface area (Å²) in [6.07, 6.45) is 4.77. The van der Waals surface area contributed by atoms with Gasteiger partial charge in [-0.3, -0.25) is 0 Å². The Kier molecular flexibility index (Phi) is 1.98. The number of rotatable bonds is 0.